The van der Waals surface area contributed by atoms with Crippen LogP contribution >= 0.6 is 0 Å². The van der Waals surface area contributed by atoms with Gasteiger partial charge in [0.05, 0.1) is 18.9 Å². The van der Waals surface area contributed by atoms with E-state index in [-0.39, 0.29) is 54.0 Å². The molecule has 0 N–H and O–H groups in total. The molecule has 0 aromatic heterocycles. The van der Waals surface area contributed by atoms with Crippen LogP contribution in [0, 0.1) is 11.8 Å². The number of amides is 2. The number of ether oxygens (including phenoxy) is 2. The fourth-order valence-corrected chi connectivity index (χ4v) is 5.78. The van der Waals surface area contributed by atoms with Crippen molar-refractivity contribution in [1.82, 2.24) is 9.80 Å². The van der Waals surface area contributed by atoms with E-state index in [4.69, 9.17) is 9.47 Å². The minimum atomic E-state index is -0.541. The minimum Gasteiger partial charge on any atom is -0.469 e. The van der Waals surface area contributed by atoms with Crippen LogP contribution in [-0.2, 0) is 19.1 Å². The number of hydrogen-bond donors (Lipinski definition) is 0. The predicted octanol–water partition coefficient (Wildman–Crippen LogP) is 2.33. The second kappa shape index (κ2) is 6.38. The van der Waals surface area contributed by atoms with Crippen LogP contribution in [0.1, 0.15) is 59.3 Å². The molecule has 4 saturated heterocycles. The molecule has 27 heavy (non-hydrogen) atoms. The van der Waals surface area contributed by atoms with Gasteiger partial charge in [0.25, 0.3) is 0 Å². The average Bonchev–Trinajstić information content (AvgIpc) is 3.36. The molecule has 0 aromatic carbocycles. The first-order chi connectivity index (χ1) is 12.7. The molecule has 7 heteroatoms. The second-order valence-electron chi connectivity index (χ2n) is 9.44. The van der Waals surface area contributed by atoms with Crippen LogP contribution in [0.3, 0.4) is 0 Å². The lowest BCUT2D eigenvalue weighted by Gasteiger charge is -2.31. The third kappa shape index (κ3) is 2.99. The number of hydrogen-bond acceptors (Lipinski definition) is 5. The maximum atomic E-state index is 13.4. The zero-order valence-corrected chi connectivity index (χ0v) is 16.6. The molecule has 4 aliphatic heterocycles. The van der Waals surface area contributed by atoms with Crippen LogP contribution in [0.25, 0.3) is 0 Å². The van der Waals surface area contributed by atoms with Crippen molar-refractivity contribution in [3.63, 3.8) is 0 Å². The Balaban J connectivity index is 1.48. The van der Waals surface area contributed by atoms with Gasteiger partial charge in [0.15, 0.2) is 0 Å². The summed E-state index contributed by atoms with van der Waals surface area (Å²) in [6.45, 7) is 5.58. The van der Waals surface area contributed by atoms with Crippen molar-refractivity contribution in [1.29, 1.82) is 0 Å². The first-order valence-corrected chi connectivity index (χ1v) is 10.1. The summed E-state index contributed by atoms with van der Waals surface area (Å²) in [7, 11) is 1.41. The number of carbonyl (C=O) groups is 3. The Morgan fingerprint density at radius 2 is 1.41 bits per heavy atom. The molecule has 2 amide bonds. The van der Waals surface area contributed by atoms with E-state index >= 15 is 0 Å². The van der Waals surface area contributed by atoms with Gasteiger partial charge in [-0.1, -0.05) is 0 Å². The number of methoxy groups -OCH3 is 1. The minimum absolute atomic E-state index is 0.0379. The van der Waals surface area contributed by atoms with Gasteiger partial charge in [-0.05, 0) is 59.3 Å². The first kappa shape index (κ1) is 18.6. The van der Waals surface area contributed by atoms with E-state index < -0.39 is 5.60 Å². The molecule has 4 fully saturated rings. The number of rotatable bonds is 2. The molecule has 0 unspecified atom stereocenters. The van der Waals surface area contributed by atoms with Gasteiger partial charge in [0.1, 0.15) is 5.60 Å². The van der Waals surface area contributed by atoms with Crippen LogP contribution in [0.4, 0.5) is 4.79 Å². The molecule has 4 aliphatic rings. The van der Waals surface area contributed by atoms with Crippen molar-refractivity contribution >= 4 is 18.0 Å². The standard InChI is InChI=1S/C20H30N2O5/c1-20(2,3)27-19(25)22-12-6-7-15(22)13(9-12)17(23)21-11-5-8-16(21)14(10-11)18(24)26-4/h11-16H,5-10H2,1-4H3/t11-,12-,13+,14+,15+,16+/m0/s1. The molecule has 6 atom stereocenters. The molecule has 4 rings (SSSR count). The van der Waals surface area contributed by atoms with E-state index in [1.807, 2.05) is 30.6 Å². The molecular weight excluding hydrogens is 348 g/mol. The highest BCUT2D eigenvalue weighted by Gasteiger charge is 2.58. The van der Waals surface area contributed by atoms with Gasteiger partial charge in [-0.15, -0.1) is 0 Å². The fraction of sp³-hybridized carbons (Fsp3) is 0.850. The van der Waals surface area contributed by atoms with Gasteiger partial charge >= 0.3 is 12.1 Å². The Bertz CT molecular complexity index is 657. The van der Waals surface area contributed by atoms with Crippen LogP contribution in [0.15, 0.2) is 0 Å². The van der Waals surface area contributed by atoms with Gasteiger partial charge in [0.2, 0.25) is 5.91 Å². The monoisotopic (exact) mass is 378 g/mol. The van der Waals surface area contributed by atoms with Gasteiger partial charge in [0, 0.05) is 24.2 Å². The highest BCUT2D eigenvalue weighted by molar-refractivity contribution is 5.85. The maximum absolute atomic E-state index is 13.4. The summed E-state index contributed by atoms with van der Waals surface area (Å²) in [6, 6.07) is 0.120. The largest absolute Gasteiger partial charge is 0.469 e. The quantitative estimate of drug-likeness (QED) is 0.690. The lowest BCUT2D eigenvalue weighted by Crippen LogP contribution is -2.46. The van der Waals surface area contributed by atoms with Gasteiger partial charge in [-0.2, -0.15) is 0 Å². The summed E-state index contributed by atoms with van der Waals surface area (Å²) >= 11 is 0. The normalized spacial score (nSPS) is 37.0. The van der Waals surface area contributed by atoms with Crippen molar-refractivity contribution in [2.75, 3.05) is 7.11 Å². The van der Waals surface area contributed by atoms with E-state index in [1.165, 1.54) is 7.11 Å². The van der Waals surface area contributed by atoms with Gasteiger partial charge in [-0.25, -0.2) is 4.79 Å². The molecule has 0 radical (unpaired) electrons. The molecule has 0 saturated carbocycles. The number of nitrogens with zero attached hydrogens (tertiary/aromatic N) is 2. The summed E-state index contributed by atoms with van der Waals surface area (Å²) in [5.41, 5.74) is -0.541. The van der Waals surface area contributed by atoms with E-state index in [0.717, 1.165) is 25.7 Å². The summed E-state index contributed by atoms with van der Waals surface area (Å²) < 4.78 is 10.5. The summed E-state index contributed by atoms with van der Waals surface area (Å²) in [5, 5.41) is 0. The highest BCUT2D eigenvalue weighted by atomic mass is 16.6. The van der Waals surface area contributed by atoms with Crippen molar-refractivity contribution in [2.24, 2.45) is 11.8 Å². The highest BCUT2D eigenvalue weighted by Crippen LogP contribution is 2.48. The smallest absolute Gasteiger partial charge is 0.410 e. The zero-order valence-electron chi connectivity index (χ0n) is 16.6. The number of fused-ring (bicyclic) bond motifs is 4. The van der Waals surface area contributed by atoms with Gasteiger partial charge < -0.3 is 19.3 Å². The summed E-state index contributed by atoms with van der Waals surface area (Å²) in [4.78, 5) is 41.9. The molecule has 150 valence electrons. The Kier molecular flexibility index (Phi) is 4.39. The zero-order chi connectivity index (χ0) is 19.5. The summed E-state index contributed by atoms with van der Waals surface area (Å²) in [5.74, 6) is -0.452. The van der Waals surface area contributed by atoms with Crippen molar-refractivity contribution in [3.8, 4) is 0 Å². The molecule has 0 aromatic rings. The second-order valence-corrected chi connectivity index (χ2v) is 9.44. The van der Waals surface area contributed by atoms with E-state index in [0.29, 0.717) is 12.8 Å². The summed E-state index contributed by atoms with van der Waals surface area (Å²) in [6.07, 6.45) is 4.73. The molecule has 4 bridgehead atoms. The molecule has 0 aliphatic carbocycles. The number of carbonyl (C=O) groups excluding carboxylic acids is 3. The predicted molar refractivity (Wildman–Crippen MR) is 96.8 cm³/mol. The van der Waals surface area contributed by atoms with Crippen LogP contribution < -0.4 is 0 Å². The first-order valence-electron chi connectivity index (χ1n) is 10.1. The maximum Gasteiger partial charge on any atom is 0.410 e. The average molecular weight is 378 g/mol. The lowest BCUT2D eigenvalue weighted by molar-refractivity contribution is -0.147. The fourth-order valence-electron chi connectivity index (χ4n) is 5.78. The van der Waals surface area contributed by atoms with Crippen LogP contribution in [0.2, 0.25) is 0 Å². The molecule has 0 spiro atoms. The molecular formula is C20H30N2O5. The Labute approximate surface area is 160 Å². The van der Waals surface area contributed by atoms with Crippen LogP contribution in [0.5, 0.6) is 0 Å². The molecule has 7 nitrogen and oxygen atoms in total. The van der Waals surface area contributed by atoms with Gasteiger partial charge in [-0.3, -0.25) is 9.59 Å². The van der Waals surface area contributed by atoms with Crippen molar-refractivity contribution in [3.05, 3.63) is 0 Å². The molecule has 4 heterocycles. The SMILES string of the molecule is COC(=O)[C@@H]1C[C@@H]2CC[C@H]1N2C(=O)[C@@H]1C[C@@H]2CC[C@H]1N2C(=O)OC(C)(C)C. The van der Waals surface area contributed by atoms with E-state index in [9.17, 15) is 14.4 Å². The van der Waals surface area contributed by atoms with Crippen molar-refractivity contribution < 1.29 is 23.9 Å². The van der Waals surface area contributed by atoms with Crippen LogP contribution in [-0.4, -0.2) is 64.6 Å². The van der Waals surface area contributed by atoms with Crippen molar-refractivity contribution in [2.45, 2.75) is 89.1 Å². The Morgan fingerprint density at radius 1 is 0.852 bits per heavy atom. The lowest BCUT2D eigenvalue weighted by atomic mass is 9.87. The van der Waals surface area contributed by atoms with E-state index in [1.54, 1.807) is 0 Å². The number of esters is 1. The Morgan fingerprint density at radius 3 is 2.00 bits per heavy atom. The third-order valence-corrected chi connectivity index (χ3v) is 6.75. The van der Waals surface area contributed by atoms with E-state index in [2.05, 4.69) is 0 Å². The third-order valence-electron chi connectivity index (χ3n) is 6.75. The topological polar surface area (TPSA) is 76.2 Å². The Hall–Kier alpha value is -1.79.